The van der Waals surface area contributed by atoms with Crippen LogP contribution >= 0.6 is 0 Å². The number of imide groups is 1. The van der Waals surface area contributed by atoms with Crippen LogP contribution in [0.4, 0.5) is 13.6 Å². The minimum absolute atomic E-state index is 0.427. The van der Waals surface area contributed by atoms with Crippen LogP contribution in [0.3, 0.4) is 0 Å². The number of nitrogens with one attached hydrogen (secondary N) is 1. The Labute approximate surface area is 107 Å². The van der Waals surface area contributed by atoms with Gasteiger partial charge in [0, 0.05) is 12.5 Å². The Morgan fingerprint density at radius 3 is 2.42 bits per heavy atom. The van der Waals surface area contributed by atoms with Gasteiger partial charge in [-0.15, -0.1) is 0 Å². The van der Waals surface area contributed by atoms with Crippen LogP contribution in [0, 0.1) is 11.6 Å². The van der Waals surface area contributed by atoms with E-state index in [-0.39, 0.29) is 0 Å². The maximum Gasteiger partial charge on any atom is 0.318 e. The first kappa shape index (κ1) is 15.0. The van der Waals surface area contributed by atoms with Gasteiger partial charge in [0.2, 0.25) is 5.91 Å². The number of halogens is 2. The summed E-state index contributed by atoms with van der Waals surface area (Å²) in [6, 6.07) is 0.872. The molecule has 0 saturated carbocycles. The summed E-state index contributed by atoms with van der Waals surface area (Å²) in [4.78, 5) is 20.7. The van der Waals surface area contributed by atoms with Crippen LogP contribution < -0.4 is 11.1 Å². The van der Waals surface area contributed by atoms with Crippen molar-refractivity contribution in [2.45, 2.75) is 11.3 Å². The second-order valence-electron chi connectivity index (χ2n) is 3.56. The molecule has 1 aromatic carbocycles. The van der Waals surface area contributed by atoms with Crippen LogP contribution in [0.1, 0.15) is 6.42 Å². The van der Waals surface area contributed by atoms with E-state index in [2.05, 4.69) is 5.73 Å². The number of rotatable bonds is 4. The summed E-state index contributed by atoms with van der Waals surface area (Å²) in [5, 5.41) is 1.67. The van der Waals surface area contributed by atoms with Crippen molar-refractivity contribution in [2.75, 3.05) is 5.75 Å². The molecule has 0 saturated heterocycles. The summed E-state index contributed by atoms with van der Waals surface area (Å²) in [5.41, 5.74) is 4.66. The third kappa shape index (κ3) is 4.28. The standard InChI is InChI=1S/C10H10F2N2O4S/c11-6-1-2-8(7(12)5-6)19(17,18)4-3-9(15)14-10(13)16/h1-2,5H,3-4H2,(H3,13,14,15,16). The fourth-order valence-corrected chi connectivity index (χ4v) is 2.57. The van der Waals surface area contributed by atoms with Crippen LogP contribution in [-0.4, -0.2) is 26.1 Å². The average molecular weight is 292 g/mol. The van der Waals surface area contributed by atoms with Gasteiger partial charge in [-0.25, -0.2) is 22.0 Å². The molecule has 3 amide bonds. The predicted molar refractivity (Wildman–Crippen MR) is 60.8 cm³/mol. The van der Waals surface area contributed by atoms with Crippen molar-refractivity contribution < 1.29 is 26.8 Å². The maximum atomic E-state index is 13.3. The normalized spacial score (nSPS) is 11.1. The number of carbonyl (C=O) groups excluding carboxylic acids is 2. The molecule has 0 heterocycles. The van der Waals surface area contributed by atoms with Crippen molar-refractivity contribution in [3.63, 3.8) is 0 Å². The van der Waals surface area contributed by atoms with Gasteiger partial charge in [0.05, 0.1) is 5.75 Å². The van der Waals surface area contributed by atoms with Gasteiger partial charge >= 0.3 is 6.03 Å². The highest BCUT2D eigenvalue weighted by Crippen LogP contribution is 2.17. The molecule has 1 aromatic rings. The van der Waals surface area contributed by atoms with Crippen molar-refractivity contribution in [1.29, 1.82) is 0 Å². The summed E-state index contributed by atoms with van der Waals surface area (Å²) in [5.74, 6) is -3.79. The predicted octanol–water partition coefficient (Wildman–Crippen LogP) is 0.323. The van der Waals surface area contributed by atoms with Crippen molar-refractivity contribution in [2.24, 2.45) is 5.73 Å². The highest BCUT2D eigenvalue weighted by Gasteiger charge is 2.21. The molecule has 0 aliphatic heterocycles. The maximum absolute atomic E-state index is 13.3. The molecule has 0 spiro atoms. The van der Waals surface area contributed by atoms with Crippen LogP contribution in [0.5, 0.6) is 0 Å². The molecule has 0 radical (unpaired) electrons. The molecule has 9 heteroatoms. The molecule has 1 rings (SSSR count). The average Bonchev–Trinajstić information content (AvgIpc) is 2.25. The highest BCUT2D eigenvalue weighted by atomic mass is 32.2. The largest absolute Gasteiger partial charge is 0.351 e. The van der Waals surface area contributed by atoms with E-state index in [1.54, 1.807) is 5.32 Å². The molecule has 0 aliphatic carbocycles. The Morgan fingerprint density at radius 2 is 1.89 bits per heavy atom. The monoisotopic (exact) mass is 292 g/mol. The van der Waals surface area contributed by atoms with Crippen molar-refractivity contribution in [1.82, 2.24) is 5.32 Å². The molecular weight excluding hydrogens is 282 g/mol. The number of sulfone groups is 1. The van der Waals surface area contributed by atoms with E-state index in [4.69, 9.17) is 0 Å². The Hall–Kier alpha value is -2.03. The number of nitrogens with two attached hydrogens (primary N) is 1. The van der Waals surface area contributed by atoms with Crippen molar-refractivity contribution >= 4 is 21.8 Å². The molecule has 0 fully saturated rings. The fraction of sp³-hybridized carbons (Fsp3) is 0.200. The lowest BCUT2D eigenvalue weighted by Gasteiger charge is -2.05. The first-order valence-electron chi connectivity index (χ1n) is 4.99. The number of carbonyl (C=O) groups is 2. The second kappa shape index (κ2) is 5.74. The molecule has 0 aliphatic rings. The van der Waals surface area contributed by atoms with Gasteiger partial charge in [-0.2, -0.15) is 0 Å². The minimum Gasteiger partial charge on any atom is -0.351 e. The zero-order valence-electron chi connectivity index (χ0n) is 9.52. The topological polar surface area (TPSA) is 106 Å². The lowest BCUT2D eigenvalue weighted by molar-refractivity contribution is -0.119. The molecular formula is C10H10F2N2O4S. The molecule has 0 bridgehead atoms. The fourth-order valence-electron chi connectivity index (χ4n) is 1.26. The van der Waals surface area contributed by atoms with E-state index in [1.807, 2.05) is 0 Å². The van der Waals surface area contributed by atoms with Crippen molar-refractivity contribution in [3.8, 4) is 0 Å². The van der Waals surface area contributed by atoms with Gasteiger partial charge in [-0.3, -0.25) is 10.1 Å². The summed E-state index contributed by atoms with van der Waals surface area (Å²) >= 11 is 0. The number of benzene rings is 1. The van der Waals surface area contributed by atoms with Gasteiger partial charge in [0.25, 0.3) is 0 Å². The van der Waals surface area contributed by atoms with Gasteiger partial charge in [-0.05, 0) is 12.1 Å². The highest BCUT2D eigenvalue weighted by molar-refractivity contribution is 7.91. The number of urea groups is 1. The molecule has 6 nitrogen and oxygen atoms in total. The first-order chi connectivity index (χ1) is 8.72. The summed E-state index contributed by atoms with van der Waals surface area (Å²) < 4.78 is 49.3. The van der Waals surface area contributed by atoms with Gasteiger partial charge in [0.1, 0.15) is 16.5 Å². The van der Waals surface area contributed by atoms with Crippen molar-refractivity contribution in [3.05, 3.63) is 29.8 Å². The number of hydrogen-bond donors (Lipinski definition) is 2. The third-order valence-electron chi connectivity index (χ3n) is 2.09. The number of primary amides is 1. The molecule has 0 atom stereocenters. The minimum atomic E-state index is -4.09. The van der Waals surface area contributed by atoms with Crippen LogP contribution in [-0.2, 0) is 14.6 Å². The molecule has 104 valence electrons. The van der Waals surface area contributed by atoms with E-state index in [1.165, 1.54) is 0 Å². The van der Waals surface area contributed by atoms with E-state index in [0.717, 1.165) is 12.1 Å². The summed E-state index contributed by atoms with van der Waals surface area (Å²) in [6.07, 6.45) is -0.567. The Kier molecular flexibility index (Phi) is 4.54. The second-order valence-corrected chi connectivity index (χ2v) is 5.63. The van der Waals surface area contributed by atoms with E-state index in [9.17, 15) is 26.8 Å². The number of hydrogen-bond acceptors (Lipinski definition) is 4. The Bertz CT molecular complexity index is 616. The Morgan fingerprint density at radius 1 is 1.26 bits per heavy atom. The zero-order chi connectivity index (χ0) is 14.6. The zero-order valence-corrected chi connectivity index (χ0v) is 10.3. The molecule has 0 unspecified atom stereocenters. The quantitative estimate of drug-likeness (QED) is 0.779. The van der Waals surface area contributed by atoms with Crippen LogP contribution in [0.25, 0.3) is 0 Å². The smallest absolute Gasteiger partial charge is 0.318 e. The molecule has 3 N–H and O–H groups in total. The van der Waals surface area contributed by atoms with Crippen LogP contribution in [0.2, 0.25) is 0 Å². The molecule has 0 aromatic heterocycles. The first-order valence-corrected chi connectivity index (χ1v) is 6.64. The van der Waals surface area contributed by atoms with Gasteiger partial charge < -0.3 is 5.73 Å². The van der Waals surface area contributed by atoms with Crippen LogP contribution in [0.15, 0.2) is 23.1 Å². The molecule has 19 heavy (non-hydrogen) atoms. The summed E-state index contributed by atoms with van der Waals surface area (Å²) in [7, 11) is -4.09. The third-order valence-corrected chi connectivity index (χ3v) is 3.83. The summed E-state index contributed by atoms with van der Waals surface area (Å²) in [6.45, 7) is 0. The number of amides is 3. The van der Waals surface area contributed by atoms with E-state index in [0.29, 0.717) is 6.07 Å². The van der Waals surface area contributed by atoms with Gasteiger partial charge in [0.15, 0.2) is 9.84 Å². The SMILES string of the molecule is NC(=O)NC(=O)CCS(=O)(=O)c1ccc(F)cc1F. The Balaban J connectivity index is 2.82. The lowest BCUT2D eigenvalue weighted by atomic mass is 10.3. The lowest BCUT2D eigenvalue weighted by Crippen LogP contribution is -2.35. The van der Waals surface area contributed by atoms with E-state index >= 15 is 0 Å². The van der Waals surface area contributed by atoms with Gasteiger partial charge in [-0.1, -0.05) is 0 Å². The van der Waals surface area contributed by atoms with E-state index < -0.39 is 50.5 Å².